The maximum Gasteiger partial charge on any atom is 0.410 e. The number of hydrogen-bond donors (Lipinski definition) is 3. The van der Waals surface area contributed by atoms with Crippen LogP contribution in [0.3, 0.4) is 0 Å². The fourth-order valence-corrected chi connectivity index (χ4v) is 7.23. The van der Waals surface area contributed by atoms with Gasteiger partial charge in [-0.05, 0) is 75.6 Å². The number of hydrogen-bond acceptors (Lipinski definition) is 9. The summed E-state index contributed by atoms with van der Waals surface area (Å²) in [5, 5.41) is 2.69. The molecule has 3 aromatic heterocycles. The second-order valence-electron chi connectivity index (χ2n) is 15.3. The molecule has 5 aromatic rings. The quantitative estimate of drug-likeness (QED) is 0.149. The molecule has 5 heterocycles. The van der Waals surface area contributed by atoms with Gasteiger partial charge in [-0.25, -0.2) is 29.5 Å². The zero-order valence-corrected chi connectivity index (χ0v) is 31.6. The number of H-pyrrole nitrogens is 2. The van der Waals surface area contributed by atoms with Crippen LogP contribution in [0.1, 0.15) is 84.0 Å². The number of fused-ring (bicyclic) bond motifs is 1. The number of rotatable bonds is 8. The van der Waals surface area contributed by atoms with Crippen LogP contribution in [0.25, 0.3) is 44.8 Å². The van der Waals surface area contributed by atoms with Crippen molar-refractivity contribution >= 4 is 29.1 Å². The van der Waals surface area contributed by atoms with E-state index < -0.39 is 17.7 Å². The van der Waals surface area contributed by atoms with Crippen LogP contribution in [0.2, 0.25) is 0 Å². The van der Waals surface area contributed by atoms with Gasteiger partial charge in [-0.1, -0.05) is 44.2 Å². The summed E-state index contributed by atoms with van der Waals surface area (Å²) >= 11 is 0. The number of carbonyl (C=O) groups is 3. The highest BCUT2D eigenvalue weighted by atomic mass is 16.6. The van der Waals surface area contributed by atoms with Crippen LogP contribution in [0.4, 0.5) is 9.59 Å². The van der Waals surface area contributed by atoms with Crippen LogP contribution in [0.5, 0.6) is 0 Å². The Morgan fingerprint density at radius 2 is 1.46 bits per heavy atom. The van der Waals surface area contributed by atoms with E-state index in [-0.39, 0.29) is 30.0 Å². The molecule has 2 fully saturated rings. The van der Waals surface area contributed by atoms with Crippen LogP contribution < -0.4 is 5.32 Å². The van der Waals surface area contributed by atoms with Crippen molar-refractivity contribution in [2.45, 2.75) is 84.0 Å². The van der Waals surface area contributed by atoms with Crippen molar-refractivity contribution < 1.29 is 23.9 Å². The smallest absolute Gasteiger partial charge is 0.410 e. The first-order valence-corrected chi connectivity index (χ1v) is 18.5. The largest absolute Gasteiger partial charge is 0.453 e. The van der Waals surface area contributed by atoms with E-state index in [0.717, 1.165) is 70.5 Å². The standard InChI is InChI=1S/C40H47N9O5/c1-23(2)33(47-38(51)53-6)37(50)48-17-7-9-31(48)35-43-22-30(46-35)24-11-13-25(14-12-24)34-41-20-27(21-42-34)26-15-16-28-29(19-26)45-36(44-28)32-10-8-18-49(32)39(52)54-40(3,4)5/h11-16,19-23,31-33H,7-10,17-18H2,1-6H3,(H,43,46)(H,44,45)(H,47,51). The van der Waals surface area contributed by atoms with Gasteiger partial charge in [0, 0.05) is 36.6 Å². The Bertz CT molecular complexity index is 2140. The number of aromatic nitrogens is 6. The summed E-state index contributed by atoms with van der Waals surface area (Å²) in [6.07, 6.45) is 7.81. The van der Waals surface area contributed by atoms with E-state index in [9.17, 15) is 14.4 Å². The molecule has 14 nitrogen and oxygen atoms in total. The molecular formula is C40H47N9O5. The van der Waals surface area contributed by atoms with Crippen molar-refractivity contribution in [3.05, 3.63) is 72.7 Å². The van der Waals surface area contributed by atoms with E-state index in [1.165, 1.54) is 7.11 Å². The van der Waals surface area contributed by atoms with E-state index >= 15 is 0 Å². The second kappa shape index (κ2) is 14.9. The summed E-state index contributed by atoms with van der Waals surface area (Å²) in [6, 6.07) is 12.9. The fraction of sp³-hybridized carbons (Fsp3) is 0.425. The molecule has 282 valence electrons. The lowest BCUT2D eigenvalue weighted by Gasteiger charge is -2.30. The molecule has 2 aliphatic heterocycles. The maximum atomic E-state index is 13.5. The van der Waals surface area contributed by atoms with Gasteiger partial charge in [0.05, 0.1) is 42.1 Å². The molecule has 2 saturated heterocycles. The molecule has 7 rings (SSSR count). The van der Waals surface area contributed by atoms with Gasteiger partial charge in [0.15, 0.2) is 5.82 Å². The third-order valence-corrected chi connectivity index (χ3v) is 9.97. The van der Waals surface area contributed by atoms with E-state index in [1.807, 2.05) is 89.5 Å². The number of imidazole rings is 2. The van der Waals surface area contributed by atoms with Gasteiger partial charge < -0.3 is 29.7 Å². The van der Waals surface area contributed by atoms with Gasteiger partial charge in [-0.15, -0.1) is 0 Å². The van der Waals surface area contributed by atoms with E-state index in [2.05, 4.69) is 30.2 Å². The van der Waals surface area contributed by atoms with Crippen molar-refractivity contribution in [3.63, 3.8) is 0 Å². The summed E-state index contributed by atoms with van der Waals surface area (Å²) in [7, 11) is 1.29. The Hall–Kier alpha value is -5.79. The summed E-state index contributed by atoms with van der Waals surface area (Å²) in [5.74, 6) is 1.82. The number of alkyl carbamates (subject to hydrolysis) is 1. The van der Waals surface area contributed by atoms with Gasteiger partial charge in [-0.3, -0.25) is 9.69 Å². The molecule has 3 amide bonds. The highest BCUT2D eigenvalue weighted by molar-refractivity contribution is 5.86. The number of carbonyl (C=O) groups excluding carboxylic acids is 3. The normalized spacial score (nSPS) is 18.0. The first-order chi connectivity index (χ1) is 25.9. The lowest BCUT2D eigenvalue weighted by atomic mass is 10.0. The number of nitrogens with zero attached hydrogens (tertiary/aromatic N) is 6. The number of likely N-dealkylation sites (tertiary alicyclic amines) is 2. The van der Waals surface area contributed by atoms with Gasteiger partial charge in [0.25, 0.3) is 0 Å². The van der Waals surface area contributed by atoms with Crippen LogP contribution in [-0.4, -0.2) is 89.6 Å². The summed E-state index contributed by atoms with van der Waals surface area (Å²) in [4.78, 5) is 67.6. The van der Waals surface area contributed by atoms with Crippen molar-refractivity contribution in [3.8, 4) is 33.8 Å². The van der Waals surface area contributed by atoms with Crippen LogP contribution in [-0.2, 0) is 14.3 Å². The van der Waals surface area contributed by atoms with Gasteiger partial charge in [-0.2, -0.15) is 0 Å². The predicted octanol–water partition coefficient (Wildman–Crippen LogP) is 7.19. The lowest BCUT2D eigenvalue weighted by molar-refractivity contribution is -0.135. The molecular weight excluding hydrogens is 686 g/mol. The predicted molar refractivity (Wildman–Crippen MR) is 203 cm³/mol. The Morgan fingerprint density at radius 1 is 0.815 bits per heavy atom. The molecule has 14 heteroatoms. The minimum Gasteiger partial charge on any atom is -0.453 e. The van der Waals surface area contributed by atoms with Crippen LogP contribution >= 0.6 is 0 Å². The number of methoxy groups -OCH3 is 1. The van der Waals surface area contributed by atoms with E-state index in [0.29, 0.717) is 24.7 Å². The molecule has 0 radical (unpaired) electrons. The van der Waals surface area contributed by atoms with Crippen molar-refractivity contribution in [1.82, 2.24) is 45.0 Å². The first kappa shape index (κ1) is 36.6. The molecule has 2 aliphatic rings. The summed E-state index contributed by atoms with van der Waals surface area (Å²) < 4.78 is 10.4. The topological polar surface area (TPSA) is 171 Å². The number of nitrogens with one attached hydrogen (secondary N) is 3. The van der Waals surface area contributed by atoms with Gasteiger partial charge >= 0.3 is 12.2 Å². The Balaban J connectivity index is 1.02. The highest BCUT2D eigenvalue weighted by Crippen LogP contribution is 2.35. The number of aromatic amines is 2. The van der Waals surface area contributed by atoms with Crippen molar-refractivity contribution in [2.24, 2.45) is 5.92 Å². The monoisotopic (exact) mass is 733 g/mol. The third-order valence-electron chi connectivity index (χ3n) is 9.97. The number of ether oxygens (including phenoxy) is 2. The number of amides is 3. The van der Waals surface area contributed by atoms with Gasteiger partial charge in [0.1, 0.15) is 23.3 Å². The second-order valence-corrected chi connectivity index (χ2v) is 15.3. The first-order valence-electron chi connectivity index (χ1n) is 18.5. The third kappa shape index (κ3) is 7.64. The van der Waals surface area contributed by atoms with E-state index in [1.54, 1.807) is 16.0 Å². The fourth-order valence-electron chi connectivity index (χ4n) is 7.23. The Labute approximate surface area is 314 Å². The molecule has 54 heavy (non-hydrogen) atoms. The molecule has 0 saturated carbocycles. The number of benzene rings is 2. The summed E-state index contributed by atoms with van der Waals surface area (Å²) in [5.41, 5.74) is 5.61. The molecule has 0 spiro atoms. The minimum atomic E-state index is -0.689. The average molecular weight is 734 g/mol. The highest BCUT2D eigenvalue weighted by Gasteiger charge is 2.38. The van der Waals surface area contributed by atoms with Crippen LogP contribution in [0.15, 0.2) is 61.1 Å². The van der Waals surface area contributed by atoms with Crippen LogP contribution in [0, 0.1) is 5.92 Å². The minimum absolute atomic E-state index is 0.105. The maximum absolute atomic E-state index is 13.5. The molecule has 0 bridgehead atoms. The SMILES string of the molecule is COC(=O)NC(C(=O)N1CCCC1c1ncc(-c2ccc(-c3ncc(-c4ccc5nc(C6CCCN6C(=O)OC(C)(C)C)[nH]c5c4)cn3)cc2)[nH]1)C(C)C. The Morgan fingerprint density at radius 3 is 2.13 bits per heavy atom. The molecule has 3 atom stereocenters. The van der Waals surface area contributed by atoms with Crippen molar-refractivity contribution in [1.29, 1.82) is 0 Å². The zero-order chi connectivity index (χ0) is 38.1. The lowest BCUT2D eigenvalue weighted by Crippen LogP contribution is -2.51. The zero-order valence-electron chi connectivity index (χ0n) is 31.6. The molecule has 3 unspecified atom stereocenters. The molecule has 3 N–H and O–H groups in total. The average Bonchev–Trinajstić information content (AvgIpc) is 3.98. The molecule has 2 aromatic carbocycles. The van der Waals surface area contributed by atoms with Crippen molar-refractivity contribution in [2.75, 3.05) is 20.2 Å². The van der Waals surface area contributed by atoms with Gasteiger partial charge in [0.2, 0.25) is 5.91 Å². The van der Waals surface area contributed by atoms with E-state index in [4.69, 9.17) is 14.5 Å². The molecule has 0 aliphatic carbocycles. The summed E-state index contributed by atoms with van der Waals surface area (Å²) in [6.45, 7) is 10.6. The Kier molecular flexibility index (Phi) is 10.1.